The fourth-order valence-electron chi connectivity index (χ4n) is 2.73. The van der Waals surface area contributed by atoms with E-state index in [9.17, 15) is 14.4 Å². The van der Waals surface area contributed by atoms with Crippen LogP contribution in [0.4, 0.5) is 0 Å². The summed E-state index contributed by atoms with van der Waals surface area (Å²) >= 11 is 3.30. The third kappa shape index (κ3) is 7.34. The summed E-state index contributed by atoms with van der Waals surface area (Å²) in [5.41, 5.74) is 1.43. The molecule has 2 aromatic carbocycles. The number of esters is 1. The average molecular weight is 461 g/mol. The predicted octanol–water partition coefficient (Wildman–Crippen LogP) is 3.77. The van der Waals surface area contributed by atoms with Gasteiger partial charge in [0.05, 0.1) is 6.04 Å². The molecule has 0 aliphatic heterocycles. The van der Waals surface area contributed by atoms with Crippen LogP contribution in [0.1, 0.15) is 48.7 Å². The van der Waals surface area contributed by atoms with Crippen LogP contribution in [0.25, 0.3) is 0 Å². The van der Waals surface area contributed by atoms with Crippen molar-refractivity contribution >= 4 is 33.7 Å². The molecule has 7 heteroatoms. The summed E-state index contributed by atoms with van der Waals surface area (Å²) in [6.45, 7) is 3.24. The molecule has 2 atom stereocenters. The lowest BCUT2D eigenvalue weighted by Crippen LogP contribution is -2.40. The Kier molecular flexibility index (Phi) is 8.86. The number of hydrogen-bond donors (Lipinski definition) is 2. The Balaban J connectivity index is 1.83. The number of hydrogen-bond acceptors (Lipinski definition) is 4. The van der Waals surface area contributed by atoms with Crippen LogP contribution in [0.15, 0.2) is 59.1 Å². The van der Waals surface area contributed by atoms with Crippen LogP contribution in [-0.4, -0.2) is 30.4 Å². The Morgan fingerprint density at radius 3 is 2.31 bits per heavy atom. The van der Waals surface area contributed by atoms with E-state index in [0.717, 1.165) is 22.9 Å². The number of carbonyl (C=O) groups is 3. The van der Waals surface area contributed by atoms with Gasteiger partial charge in [0.25, 0.3) is 11.8 Å². The van der Waals surface area contributed by atoms with Gasteiger partial charge < -0.3 is 15.4 Å². The average Bonchev–Trinajstić information content (AvgIpc) is 2.72. The summed E-state index contributed by atoms with van der Waals surface area (Å²) in [7, 11) is 0. The fourth-order valence-corrected chi connectivity index (χ4v) is 3.00. The van der Waals surface area contributed by atoms with Gasteiger partial charge in [-0.15, -0.1) is 0 Å². The summed E-state index contributed by atoms with van der Waals surface area (Å²) in [5, 5.41) is 5.42. The predicted molar refractivity (Wildman–Crippen MR) is 114 cm³/mol. The topological polar surface area (TPSA) is 84.5 Å². The highest BCUT2D eigenvalue weighted by Crippen LogP contribution is 2.18. The van der Waals surface area contributed by atoms with Gasteiger partial charge in [0.15, 0.2) is 6.10 Å². The van der Waals surface area contributed by atoms with E-state index in [1.54, 1.807) is 24.3 Å². The molecule has 0 fully saturated rings. The van der Waals surface area contributed by atoms with E-state index in [4.69, 9.17) is 4.74 Å². The molecule has 0 spiro atoms. The molecule has 0 heterocycles. The molecule has 2 rings (SSSR count). The van der Waals surface area contributed by atoms with Crippen LogP contribution < -0.4 is 10.6 Å². The van der Waals surface area contributed by atoms with Crippen LogP contribution in [0.5, 0.6) is 0 Å². The van der Waals surface area contributed by atoms with Gasteiger partial charge in [0.1, 0.15) is 6.54 Å². The molecule has 154 valence electrons. The molecule has 0 aliphatic rings. The van der Waals surface area contributed by atoms with Gasteiger partial charge >= 0.3 is 5.97 Å². The Morgan fingerprint density at radius 2 is 1.69 bits per heavy atom. The smallest absolute Gasteiger partial charge is 0.326 e. The van der Waals surface area contributed by atoms with Crippen LogP contribution >= 0.6 is 15.9 Å². The van der Waals surface area contributed by atoms with Gasteiger partial charge in [-0.25, -0.2) is 0 Å². The van der Waals surface area contributed by atoms with Crippen LogP contribution in [-0.2, 0) is 14.3 Å². The number of ether oxygens (including phenoxy) is 1. The lowest BCUT2D eigenvalue weighted by Gasteiger charge is -2.21. The highest BCUT2D eigenvalue weighted by Gasteiger charge is 2.22. The van der Waals surface area contributed by atoms with E-state index in [1.807, 2.05) is 37.3 Å². The highest BCUT2D eigenvalue weighted by molar-refractivity contribution is 9.10. The van der Waals surface area contributed by atoms with Gasteiger partial charge in [-0.1, -0.05) is 59.6 Å². The van der Waals surface area contributed by atoms with Gasteiger partial charge in [-0.05, 0) is 43.2 Å². The van der Waals surface area contributed by atoms with Gasteiger partial charge in [-0.3, -0.25) is 14.4 Å². The number of amides is 2. The van der Waals surface area contributed by atoms with Crippen molar-refractivity contribution in [1.29, 1.82) is 0 Å². The lowest BCUT2D eigenvalue weighted by molar-refractivity contribution is -0.154. The summed E-state index contributed by atoms with van der Waals surface area (Å²) in [6.07, 6.45) is 0.714. The maximum absolute atomic E-state index is 12.4. The van der Waals surface area contributed by atoms with Crippen molar-refractivity contribution in [2.45, 2.75) is 38.8 Å². The quantitative estimate of drug-likeness (QED) is 0.557. The van der Waals surface area contributed by atoms with E-state index in [-0.39, 0.29) is 18.5 Å². The Hall–Kier alpha value is -2.67. The van der Waals surface area contributed by atoms with Crippen molar-refractivity contribution < 1.29 is 19.1 Å². The number of carbonyl (C=O) groups excluding carboxylic acids is 3. The van der Waals surface area contributed by atoms with Crippen LogP contribution in [0.2, 0.25) is 0 Å². The molecule has 0 saturated carbocycles. The normalized spacial score (nSPS) is 12.5. The number of benzene rings is 2. The summed E-state index contributed by atoms with van der Waals surface area (Å²) in [6, 6.07) is 16.3. The van der Waals surface area contributed by atoms with E-state index in [0.29, 0.717) is 5.56 Å². The largest absolute Gasteiger partial charge is 0.451 e. The summed E-state index contributed by atoms with van der Waals surface area (Å²) in [4.78, 5) is 36.5. The second kappa shape index (κ2) is 11.4. The van der Waals surface area contributed by atoms with Crippen molar-refractivity contribution in [3.63, 3.8) is 0 Å². The molecule has 2 N–H and O–H groups in total. The first kappa shape index (κ1) is 22.6. The fraction of sp³-hybridized carbons (Fsp3) is 0.318. The monoisotopic (exact) mass is 460 g/mol. The van der Waals surface area contributed by atoms with Crippen molar-refractivity contribution in [3.8, 4) is 0 Å². The SMILES string of the molecule is CCCC(NC(=O)C(C)OC(=O)CNC(=O)c1ccc(Br)cc1)c1ccccc1. The first-order chi connectivity index (χ1) is 13.9. The Bertz CT molecular complexity index is 824. The molecule has 29 heavy (non-hydrogen) atoms. The van der Waals surface area contributed by atoms with E-state index in [1.165, 1.54) is 6.92 Å². The van der Waals surface area contributed by atoms with Crippen molar-refractivity contribution in [2.75, 3.05) is 6.54 Å². The zero-order valence-corrected chi connectivity index (χ0v) is 18.1. The van der Waals surface area contributed by atoms with Gasteiger partial charge in [-0.2, -0.15) is 0 Å². The Morgan fingerprint density at radius 1 is 1.03 bits per heavy atom. The minimum atomic E-state index is -0.963. The van der Waals surface area contributed by atoms with Crippen LogP contribution in [0.3, 0.4) is 0 Å². The second-order valence-electron chi connectivity index (χ2n) is 6.58. The lowest BCUT2D eigenvalue weighted by atomic mass is 10.0. The van der Waals surface area contributed by atoms with E-state index in [2.05, 4.69) is 26.6 Å². The summed E-state index contributed by atoms with van der Waals surface area (Å²) < 4.78 is 6.01. The molecule has 2 aromatic rings. The number of nitrogens with one attached hydrogen (secondary N) is 2. The molecule has 2 unspecified atom stereocenters. The molecular formula is C22H25BrN2O4. The van der Waals surface area contributed by atoms with E-state index < -0.39 is 18.0 Å². The molecule has 0 bridgehead atoms. The summed E-state index contributed by atoms with van der Waals surface area (Å²) in [5.74, 6) is -1.44. The van der Waals surface area contributed by atoms with E-state index >= 15 is 0 Å². The minimum Gasteiger partial charge on any atom is -0.451 e. The minimum absolute atomic E-state index is 0.146. The molecule has 0 aromatic heterocycles. The molecular weight excluding hydrogens is 436 g/mol. The third-order valence-corrected chi connectivity index (χ3v) is 4.80. The van der Waals surface area contributed by atoms with Crippen molar-refractivity contribution in [1.82, 2.24) is 10.6 Å². The number of rotatable bonds is 9. The highest BCUT2D eigenvalue weighted by atomic mass is 79.9. The third-order valence-electron chi connectivity index (χ3n) is 4.27. The standard InChI is InChI=1S/C22H25BrN2O4/c1-3-7-19(16-8-5-4-6-9-16)25-21(27)15(2)29-20(26)14-24-22(28)17-10-12-18(23)13-11-17/h4-6,8-13,15,19H,3,7,14H2,1-2H3,(H,24,28)(H,25,27). The van der Waals surface area contributed by atoms with Crippen molar-refractivity contribution in [3.05, 3.63) is 70.2 Å². The zero-order valence-electron chi connectivity index (χ0n) is 16.5. The van der Waals surface area contributed by atoms with Crippen LogP contribution in [0, 0.1) is 0 Å². The maximum Gasteiger partial charge on any atom is 0.326 e. The number of halogens is 1. The molecule has 0 aliphatic carbocycles. The first-order valence-electron chi connectivity index (χ1n) is 9.49. The first-order valence-corrected chi connectivity index (χ1v) is 10.3. The Labute approximate surface area is 179 Å². The zero-order chi connectivity index (χ0) is 21.2. The van der Waals surface area contributed by atoms with Gasteiger partial charge in [0.2, 0.25) is 0 Å². The van der Waals surface area contributed by atoms with Crippen molar-refractivity contribution in [2.24, 2.45) is 0 Å². The maximum atomic E-state index is 12.4. The molecule has 6 nitrogen and oxygen atoms in total. The molecule has 0 radical (unpaired) electrons. The molecule has 0 saturated heterocycles. The molecule has 2 amide bonds. The second-order valence-corrected chi connectivity index (χ2v) is 7.50. The van der Waals surface area contributed by atoms with Gasteiger partial charge in [0, 0.05) is 10.0 Å².